The Labute approximate surface area is 74.0 Å². The van der Waals surface area contributed by atoms with Gasteiger partial charge in [0.1, 0.15) is 23.2 Å². The van der Waals surface area contributed by atoms with Crippen LogP contribution in [0, 0.1) is 17.1 Å². The molecule has 3 nitrogen and oxygen atoms in total. The quantitative estimate of drug-likeness (QED) is 0.666. The van der Waals surface area contributed by atoms with Crippen molar-refractivity contribution in [2.24, 2.45) is 0 Å². The van der Waals surface area contributed by atoms with Crippen molar-refractivity contribution in [1.82, 2.24) is 0 Å². The number of aromatic hydroxyl groups is 1. The van der Waals surface area contributed by atoms with E-state index in [4.69, 9.17) is 10.4 Å². The molecule has 0 heterocycles. The second kappa shape index (κ2) is 3.23. The molecule has 13 heavy (non-hydrogen) atoms. The molecule has 0 aliphatic heterocycles. The number of rotatable bonds is 1. The number of ketones is 1. The fourth-order valence-corrected chi connectivity index (χ4v) is 0.906. The van der Waals surface area contributed by atoms with Crippen LogP contribution in [0.1, 0.15) is 22.8 Å². The largest absolute Gasteiger partial charge is 0.506 e. The minimum absolute atomic E-state index is 0.0500. The summed E-state index contributed by atoms with van der Waals surface area (Å²) in [5.41, 5.74) is -0.390. The van der Waals surface area contributed by atoms with Gasteiger partial charge in [0.25, 0.3) is 0 Å². The Morgan fingerprint density at radius 2 is 2.23 bits per heavy atom. The Bertz CT molecular complexity index is 384. The first kappa shape index (κ1) is 9.20. The van der Waals surface area contributed by atoms with E-state index < -0.39 is 17.1 Å². The summed E-state index contributed by atoms with van der Waals surface area (Å²) in [5, 5.41) is 17.5. The van der Waals surface area contributed by atoms with Crippen molar-refractivity contribution < 1.29 is 14.3 Å². The number of nitriles is 1. The third-order valence-corrected chi connectivity index (χ3v) is 1.59. The average molecular weight is 179 g/mol. The van der Waals surface area contributed by atoms with Gasteiger partial charge in [-0.1, -0.05) is 0 Å². The number of hydrogen-bond acceptors (Lipinski definition) is 3. The number of halogens is 1. The molecule has 0 unspecified atom stereocenters. The zero-order valence-electron chi connectivity index (χ0n) is 6.84. The molecule has 0 spiro atoms. The van der Waals surface area contributed by atoms with Gasteiger partial charge >= 0.3 is 0 Å². The highest BCUT2D eigenvalue weighted by atomic mass is 19.1. The summed E-state index contributed by atoms with van der Waals surface area (Å²) in [6.07, 6.45) is 0. The highest BCUT2D eigenvalue weighted by Crippen LogP contribution is 2.21. The fraction of sp³-hybridized carbons (Fsp3) is 0.111. The van der Waals surface area contributed by atoms with Crippen LogP contribution in [-0.2, 0) is 0 Å². The molecule has 1 aromatic rings. The Balaban J connectivity index is 3.39. The highest BCUT2D eigenvalue weighted by Gasteiger charge is 2.11. The SMILES string of the molecule is CC(=O)c1cc(O)c(C#N)c(F)c1. The number of carbonyl (C=O) groups excluding carboxylic acids is 1. The van der Waals surface area contributed by atoms with Crippen molar-refractivity contribution in [1.29, 1.82) is 5.26 Å². The molecule has 0 bridgehead atoms. The molecule has 0 aliphatic rings. The summed E-state index contributed by atoms with van der Waals surface area (Å²) in [7, 11) is 0. The van der Waals surface area contributed by atoms with Crippen LogP contribution >= 0.6 is 0 Å². The lowest BCUT2D eigenvalue weighted by atomic mass is 10.1. The van der Waals surface area contributed by atoms with E-state index in [1.807, 2.05) is 0 Å². The first-order valence-corrected chi connectivity index (χ1v) is 3.50. The Morgan fingerprint density at radius 3 is 2.62 bits per heavy atom. The number of hydrogen-bond donors (Lipinski definition) is 1. The number of benzene rings is 1. The van der Waals surface area contributed by atoms with Gasteiger partial charge in [-0.2, -0.15) is 5.26 Å². The van der Waals surface area contributed by atoms with Crippen molar-refractivity contribution in [3.8, 4) is 11.8 Å². The molecule has 1 rings (SSSR count). The fourth-order valence-electron chi connectivity index (χ4n) is 0.906. The highest BCUT2D eigenvalue weighted by molar-refractivity contribution is 5.94. The van der Waals surface area contributed by atoms with Crippen molar-refractivity contribution in [2.75, 3.05) is 0 Å². The van der Waals surface area contributed by atoms with Crippen LogP contribution in [0.2, 0.25) is 0 Å². The second-order valence-electron chi connectivity index (χ2n) is 2.52. The molecular formula is C9H6FNO2. The minimum atomic E-state index is -0.882. The molecule has 1 aromatic carbocycles. The summed E-state index contributed by atoms with van der Waals surface area (Å²) >= 11 is 0. The van der Waals surface area contributed by atoms with E-state index in [-0.39, 0.29) is 11.3 Å². The van der Waals surface area contributed by atoms with Gasteiger partial charge in [0, 0.05) is 5.56 Å². The maximum atomic E-state index is 12.9. The zero-order chi connectivity index (χ0) is 10.0. The van der Waals surface area contributed by atoms with Crippen LogP contribution in [0.4, 0.5) is 4.39 Å². The van der Waals surface area contributed by atoms with Gasteiger partial charge in [0.2, 0.25) is 0 Å². The average Bonchev–Trinajstić information content (AvgIpc) is 2.03. The van der Waals surface area contributed by atoms with E-state index in [2.05, 4.69) is 0 Å². The summed E-state index contributed by atoms with van der Waals surface area (Å²) in [5.74, 6) is -1.75. The van der Waals surface area contributed by atoms with E-state index in [0.29, 0.717) is 0 Å². The third-order valence-electron chi connectivity index (χ3n) is 1.59. The van der Waals surface area contributed by atoms with Gasteiger partial charge in [0.05, 0.1) is 0 Å². The van der Waals surface area contributed by atoms with E-state index in [9.17, 15) is 9.18 Å². The van der Waals surface area contributed by atoms with E-state index >= 15 is 0 Å². The molecule has 0 fully saturated rings. The normalized spacial score (nSPS) is 9.31. The van der Waals surface area contributed by atoms with Crippen LogP contribution < -0.4 is 0 Å². The summed E-state index contributed by atoms with van der Waals surface area (Å²) in [6, 6.07) is 3.50. The Kier molecular flexibility index (Phi) is 2.29. The second-order valence-corrected chi connectivity index (χ2v) is 2.52. The van der Waals surface area contributed by atoms with Gasteiger partial charge in [-0.3, -0.25) is 4.79 Å². The summed E-state index contributed by atoms with van der Waals surface area (Å²) in [4.78, 5) is 10.8. The Morgan fingerprint density at radius 1 is 1.62 bits per heavy atom. The van der Waals surface area contributed by atoms with Crippen molar-refractivity contribution in [2.45, 2.75) is 6.92 Å². The standard InChI is InChI=1S/C9H6FNO2/c1-5(12)6-2-8(10)7(4-11)9(13)3-6/h2-3,13H,1H3. The molecular weight excluding hydrogens is 173 g/mol. The maximum absolute atomic E-state index is 12.9. The number of carbonyl (C=O) groups is 1. The first-order chi connectivity index (χ1) is 6.06. The molecule has 4 heteroatoms. The summed E-state index contributed by atoms with van der Waals surface area (Å²) < 4.78 is 12.9. The predicted molar refractivity (Wildman–Crippen MR) is 42.8 cm³/mol. The zero-order valence-corrected chi connectivity index (χ0v) is 6.84. The molecule has 1 N–H and O–H groups in total. The first-order valence-electron chi connectivity index (χ1n) is 3.50. The van der Waals surface area contributed by atoms with Crippen LogP contribution in [0.15, 0.2) is 12.1 Å². The van der Waals surface area contributed by atoms with Crippen LogP contribution in [0.25, 0.3) is 0 Å². The lowest BCUT2D eigenvalue weighted by molar-refractivity contribution is 0.101. The van der Waals surface area contributed by atoms with E-state index in [1.54, 1.807) is 0 Å². The van der Waals surface area contributed by atoms with Crippen LogP contribution in [0.5, 0.6) is 5.75 Å². The Hall–Kier alpha value is -1.89. The minimum Gasteiger partial charge on any atom is -0.506 e. The summed E-state index contributed by atoms with van der Waals surface area (Å²) in [6.45, 7) is 1.25. The number of phenolic OH excluding ortho intramolecular Hbond substituents is 1. The molecule has 66 valence electrons. The lowest BCUT2D eigenvalue weighted by Gasteiger charge is -2.00. The van der Waals surface area contributed by atoms with Crippen LogP contribution in [-0.4, -0.2) is 10.9 Å². The van der Waals surface area contributed by atoms with Gasteiger partial charge in [-0.25, -0.2) is 4.39 Å². The molecule has 0 aliphatic carbocycles. The smallest absolute Gasteiger partial charge is 0.160 e. The predicted octanol–water partition coefficient (Wildman–Crippen LogP) is 1.61. The molecule has 0 aromatic heterocycles. The molecule has 0 radical (unpaired) electrons. The molecule has 0 saturated heterocycles. The van der Waals surface area contributed by atoms with Gasteiger partial charge < -0.3 is 5.11 Å². The topological polar surface area (TPSA) is 61.1 Å². The lowest BCUT2D eigenvalue weighted by Crippen LogP contribution is -1.95. The van der Waals surface area contributed by atoms with E-state index in [1.165, 1.54) is 13.0 Å². The van der Waals surface area contributed by atoms with Crippen molar-refractivity contribution >= 4 is 5.78 Å². The number of phenols is 1. The van der Waals surface area contributed by atoms with Crippen LogP contribution in [0.3, 0.4) is 0 Å². The number of Topliss-reactive ketones (excluding diaryl/α,β-unsaturated/α-hetero) is 1. The third kappa shape index (κ3) is 1.64. The maximum Gasteiger partial charge on any atom is 0.160 e. The molecule has 0 saturated carbocycles. The number of nitrogens with zero attached hydrogens (tertiary/aromatic N) is 1. The van der Waals surface area contributed by atoms with Gasteiger partial charge in [-0.15, -0.1) is 0 Å². The monoisotopic (exact) mass is 179 g/mol. The van der Waals surface area contributed by atoms with E-state index in [0.717, 1.165) is 12.1 Å². The molecule has 0 amide bonds. The van der Waals surface area contributed by atoms with Crippen molar-refractivity contribution in [3.05, 3.63) is 29.1 Å². The van der Waals surface area contributed by atoms with Gasteiger partial charge in [0.15, 0.2) is 5.78 Å². The van der Waals surface area contributed by atoms with Gasteiger partial charge in [-0.05, 0) is 19.1 Å². The molecule has 0 atom stereocenters. The van der Waals surface area contributed by atoms with Crippen molar-refractivity contribution in [3.63, 3.8) is 0 Å².